The van der Waals surface area contributed by atoms with Crippen LogP contribution < -0.4 is 10.6 Å². The van der Waals surface area contributed by atoms with E-state index in [-0.39, 0.29) is 23.1 Å². The molecular weight excluding hydrogens is 332 g/mol. The standard InChI is InChI=1S/C20H28N2O2S/c1-12(19-11-15-4-5-16(19)10-15)21-20(24)13(2)25-18-8-6-17(7-9-18)22-14(3)23/h6-9,12-13,15-16,19H,4-5,10-11H2,1-3H3,(H,21,24)(H,22,23)/t12-,13-,15+,16+,19-/m0/s1. The van der Waals surface area contributed by atoms with Gasteiger partial charge in [-0.15, -0.1) is 11.8 Å². The Hall–Kier alpha value is -1.49. The fourth-order valence-corrected chi connectivity index (χ4v) is 5.31. The van der Waals surface area contributed by atoms with Gasteiger partial charge in [-0.1, -0.05) is 6.42 Å². The van der Waals surface area contributed by atoms with Crippen LogP contribution in [-0.2, 0) is 9.59 Å². The van der Waals surface area contributed by atoms with Gasteiger partial charge in [-0.25, -0.2) is 0 Å². The minimum Gasteiger partial charge on any atom is -0.352 e. The van der Waals surface area contributed by atoms with E-state index in [2.05, 4.69) is 17.6 Å². The second kappa shape index (κ2) is 7.81. The van der Waals surface area contributed by atoms with Crippen molar-refractivity contribution in [2.75, 3.05) is 5.32 Å². The van der Waals surface area contributed by atoms with E-state index in [0.29, 0.717) is 5.92 Å². The average molecular weight is 361 g/mol. The Balaban J connectivity index is 1.49. The quantitative estimate of drug-likeness (QED) is 0.752. The molecule has 5 heteroatoms. The zero-order chi connectivity index (χ0) is 18.0. The maximum atomic E-state index is 12.5. The SMILES string of the molecule is CC(=O)Nc1ccc(S[C@@H](C)C(=O)N[C@@H](C)[C@@H]2C[C@@H]3CC[C@@H]2C3)cc1. The lowest BCUT2D eigenvalue weighted by Crippen LogP contribution is -2.43. The predicted octanol–water partition coefficient (Wildman–Crippen LogP) is 4.07. The Morgan fingerprint density at radius 1 is 1.12 bits per heavy atom. The highest BCUT2D eigenvalue weighted by atomic mass is 32.2. The van der Waals surface area contributed by atoms with Crippen molar-refractivity contribution in [2.45, 2.75) is 62.6 Å². The van der Waals surface area contributed by atoms with Gasteiger partial charge in [0.05, 0.1) is 5.25 Å². The van der Waals surface area contributed by atoms with E-state index in [0.717, 1.165) is 22.4 Å². The average Bonchev–Trinajstić information content (AvgIpc) is 3.19. The molecule has 0 aliphatic heterocycles. The summed E-state index contributed by atoms with van der Waals surface area (Å²) < 4.78 is 0. The number of carbonyl (C=O) groups excluding carboxylic acids is 2. The second-order valence-corrected chi connectivity index (χ2v) is 9.02. The normalized spacial score (nSPS) is 26.9. The fourth-order valence-electron chi connectivity index (χ4n) is 4.43. The van der Waals surface area contributed by atoms with Crippen LogP contribution in [-0.4, -0.2) is 23.1 Å². The minimum absolute atomic E-state index is 0.0808. The largest absolute Gasteiger partial charge is 0.352 e. The highest BCUT2D eigenvalue weighted by molar-refractivity contribution is 8.00. The third-order valence-corrected chi connectivity index (χ3v) is 6.77. The molecule has 0 heterocycles. The summed E-state index contributed by atoms with van der Waals surface area (Å²) in [6.07, 6.45) is 5.40. The molecule has 2 amide bonds. The summed E-state index contributed by atoms with van der Waals surface area (Å²) in [5.74, 6) is 2.43. The van der Waals surface area contributed by atoms with Gasteiger partial charge >= 0.3 is 0 Å². The molecule has 2 N–H and O–H groups in total. The number of rotatable bonds is 6. The van der Waals surface area contributed by atoms with Gasteiger partial charge in [0.15, 0.2) is 0 Å². The maximum Gasteiger partial charge on any atom is 0.233 e. The van der Waals surface area contributed by atoms with Crippen molar-refractivity contribution in [1.82, 2.24) is 5.32 Å². The van der Waals surface area contributed by atoms with Crippen LogP contribution in [0.15, 0.2) is 29.2 Å². The molecule has 4 nitrogen and oxygen atoms in total. The van der Waals surface area contributed by atoms with Crippen LogP contribution in [0, 0.1) is 17.8 Å². The number of amides is 2. The first-order valence-electron chi connectivity index (χ1n) is 9.27. The maximum absolute atomic E-state index is 12.5. The zero-order valence-corrected chi connectivity index (χ0v) is 16.1. The van der Waals surface area contributed by atoms with Crippen LogP contribution in [0.25, 0.3) is 0 Å². The first-order valence-corrected chi connectivity index (χ1v) is 10.1. The summed E-state index contributed by atoms with van der Waals surface area (Å²) in [4.78, 5) is 24.6. The molecule has 0 saturated heterocycles. The van der Waals surface area contributed by atoms with Crippen molar-refractivity contribution in [2.24, 2.45) is 17.8 Å². The molecule has 5 atom stereocenters. The van der Waals surface area contributed by atoms with Crippen molar-refractivity contribution >= 4 is 29.3 Å². The number of nitrogens with one attached hydrogen (secondary N) is 2. The Morgan fingerprint density at radius 3 is 2.40 bits per heavy atom. The summed E-state index contributed by atoms with van der Waals surface area (Å²) in [6.45, 7) is 5.62. The molecule has 2 saturated carbocycles. The lowest BCUT2D eigenvalue weighted by molar-refractivity contribution is -0.121. The number of anilines is 1. The summed E-state index contributed by atoms with van der Waals surface area (Å²) in [5, 5.41) is 5.87. The highest BCUT2D eigenvalue weighted by Gasteiger charge is 2.42. The molecule has 2 fully saturated rings. The van der Waals surface area contributed by atoms with E-state index >= 15 is 0 Å². The molecule has 0 spiro atoms. The van der Waals surface area contributed by atoms with Crippen LogP contribution in [0.3, 0.4) is 0 Å². The number of hydrogen-bond donors (Lipinski definition) is 2. The lowest BCUT2D eigenvalue weighted by Gasteiger charge is -2.29. The number of benzene rings is 1. The first kappa shape index (κ1) is 18.3. The molecule has 2 aliphatic carbocycles. The van der Waals surface area contributed by atoms with Crippen LogP contribution in [0.4, 0.5) is 5.69 Å². The van der Waals surface area contributed by atoms with E-state index in [9.17, 15) is 9.59 Å². The zero-order valence-electron chi connectivity index (χ0n) is 15.2. The smallest absolute Gasteiger partial charge is 0.233 e. The molecule has 0 radical (unpaired) electrons. The van der Waals surface area contributed by atoms with Gasteiger partial charge in [0.25, 0.3) is 0 Å². The highest BCUT2D eigenvalue weighted by Crippen LogP contribution is 2.49. The van der Waals surface area contributed by atoms with Crippen molar-refractivity contribution in [3.63, 3.8) is 0 Å². The Kier molecular flexibility index (Phi) is 5.72. The third kappa shape index (κ3) is 4.57. The van der Waals surface area contributed by atoms with Gasteiger partial charge in [-0.2, -0.15) is 0 Å². The Bertz CT molecular complexity index is 631. The van der Waals surface area contributed by atoms with Crippen LogP contribution in [0.1, 0.15) is 46.5 Å². The van der Waals surface area contributed by atoms with Gasteiger partial charge < -0.3 is 10.6 Å². The minimum atomic E-state index is -0.132. The Morgan fingerprint density at radius 2 is 1.84 bits per heavy atom. The van der Waals surface area contributed by atoms with Crippen molar-refractivity contribution in [3.05, 3.63) is 24.3 Å². The number of carbonyl (C=O) groups is 2. The molecule has 2 bridgehead atoms. The molecule has 1 aromatic rings. The van der Waals surface area contributed by atoms with Crippen LogP contribution in [0.5, 0.6) is 0 Å². The molecule has 1 aromatic carbocycles. The van der Waals surface area contributed by atoms with Crippen LogP contribution >= 0.6 is 11.8 Å². The Labute approximate surface area is 154 Å². The summed E-state index contributed by atoms with van der Waals surface area (Å²) in [6, 6.07) is 7.89. The number of thioether (sulfide) groups is 1. The third-order valence-electron chi connectivity index (χ3n) is 5.66. The topological polar surface area (TPSA) is 58.2 Å². The molecule has 25 heavy (non-hydrogen) atoms. The molecule has 2 aliphatic rings. The van der Waals surface area contributed by atoms with E-state index in [1.165, 1.54) is 32.6 Å². The van der Waals surface area contributed by atoms with Gasteiger partial charge in [0, 0.05) is 23.5 Å². The number of hydrogen-bond acceptors (Lipinski definition) is 3. The van der Waals surface area contributed by atoms with Crippen LogP contribution in [0.2, 0.25) is 0 Å². The van der Waals surface area contributed by atoms with E-state index < -0.39 is 0 Å². The fraction of sp³-hybridized carbons (Fsp3) is 0.600. The van der Waals surface area contributed by atoms with Crippen molar-refractivity contribution in [1.29, 1.82) is 0 Å². The lowest BCUT2D eigenvalue weighted by atomic mass is 9.84. The van der Waals surface area contributed by atoms with Gasteiger partial charge in [0.2, 0.25) is 11.8 Å². The van der Waals surface area contributed by atoms with E-state index in [1.807, 2.05) is 31.2 Å². The second-order valence-electron chi connectivity index (χ2n) is 7.60. The summed E-state index contributed by atoms with van der Waals surface area (Å²) in [7, 11) is 0. The molecule has 0 unspecified atom stereocenters. The number of fused-ring (bicyclic) bond motifs is 2. The summed E-state index contributed by atoms with van der Waals surface area (Å²) >= 11 is 1.55. The predicted molar refractivity (Wildman–Crippen MR) is 103 cm³/mol. The molecule has 136 valence electrons. The van der Waals surface area contributed by atoms with E-state index in [4.69, 9.17) is 0 Å². The monoisotopic (exact) mass is 360 g/mol. The van der Waals surface area contributed by atoms with Gasteiger partial charge in [-0.05, 0) is 75.1 Å². The molecule has 3 rings (SSSR count). The molecular formula is C20H28N2O2S. The van der Waals surface area contributed by atoms with Gasteiger partial charge in [0.1, 0.15) is 0 Å². The summed E-state index contributed by atoms with van der Waals surface area (Å²) in [5.41, 5.74) is 0.777. The van der Waals surface area contributed by atoms with Crippen molar-refractivity contribution in [3.8, 4) is 0 Å². The van der Waals surface area contributed by atoms with E-state index in [1.54, 1.807) is 11.8 Å². The first-order chi connectivity index (χ1) is 11.9. The van der Waals surface area contributed by atoms with Crippen molar-refractivity contribution < 1.29 is 9.59 Å². The molecule has 0 aromatic heterocycles. The van der Waals surface area contributed by atoms with Gasteiger partial charge in [-0.3, -0.25) is 9.59 Å².